The molecule has 0 unspecified atom stereocenters. The molecule has 3 atom stereocenters. The Balaban J connectivity index is 1.71. The van der Waals surface area contributed by atoms with E-state index in [2.05, 4.69) is 34.7 Å². The van der Waals surface area contributed by atoms with E-state index in [1.54, 1.807) is 0 Å². The zero-order chi connectivity index (χ0) is 13.5. The summed E-state index contributed by atoms with van der Waals surface area (Å²) in [6, 6.07) is 10.2. The van der Waals surface area contributed by atoms with Crippen LogP contribution in [0.15, 0.2) is 30.3 Å². The van der Waals surface area contributed by atoms with Crippen LogP contribution < -0.4 is 0 Å². The van der Waals surface area contributed by atoms with Crippen LogP contribution in [0.25, 0.3) is 0 Å². The lowest BCUT2D eigenvalue weighted by atomic mass is 10.00. The lowest BCUT2D eigenvalue weighted by Gasteiger charge is -2.33. The van der Waals surface area contributed by atoms with Crippen LogP contribution in [0.5, 0.6) is 0 Å². The Morgan fingerprint density at radius 3 is 2.79 bits per heavy atom. The molecule has 1 aromatic carbocycles. The maximum Gasteiger partial charge on any atom is 0.0846 e. The molecular formula is C15H21IO3. The van der Waals surface area contributed by atoms with Gasteiger partial charge in [0.15, 0.2) is 0 Å². The molecule has 0 saturated carbocycles. The number of rotatable bonds is 6. The third kappa shape index (κ3) is 5.02. The molecular weight excluding hydrogens is 355 g/mol. The van der Waals surface area contributed by atoms with Gasteiger partial charge in [0.25, 0.3) is 0 Å². The summed E-state index contributed by atoms with van der Waals surface area (Å²) in [5.41, 5.74) is 1.18. The zero-order valence-corrected chi connectivity index (χ0v) is 13.2. The van der Waals surface area contributed by atoms with E-state index in [0.717, 1.165) is 23.7 Å². The van der Waals surface area contributed by atoms with Crippen LogP contribution in [0.4, 0.5) is 0 Å². The summed E-state index contributed by atoms with van der Waals surface area (Å²) in [5, 5.41) is 9.85. The van der Waals surface area contributed by atoms with E-state index in [1.807, 2.05) is 18.2 Å². The highest BCUT2D eigenvalue weighted by Gasteiger charge is 2.29. The van der Waals surface area contributed by atoms with Gasteiger partial charge in [0, 0.05) is 4.43 Å². The largest absolute Gasteiger partial charge is 0.390 e. The number of alkyl halides is 1. The first-order valence-corrected chi connectivity index (χ1v) is 8.33. The van der Waals surface area contributed by atoms with Crippen molar-refractivity contribution in [2.45, 2.75) is 44.2 Å². The zero-order valence-electron chi connectivity index (χ0n) is 11.0. The monoisotopic (exact) mass is 376 g/mol. The van der Waals surface area contributed by atoms with Crippen LogP contribution in [-0.2, 0) is 16.1 Å². The van der Waals surface area contributed by atoms with Gasteiger partial charge < -0.3 is 14.6 Å². The lowest BCUT2D eigenvalue weighted by Crippen LogP contribution is -2.40. The summed E-state index contributed by atoms with van der Waals surface area (Å²) in [6.07, 6.45) is 2.42. The third-order valence-corrected chi connectivity index (χ3v) is 4.01. The van der Waals surface area contributed by atoms with Crippen molar-refractivity contribution >= 4 is 22.6 Å². The number of hydrogen-bond donors (Lipinski definition) is 1. The third-order valence-electron chi connectivity index (χ3n) is 3.39. The highest BCUT2D eigenvalue weighted by atomic mass is 127. The van der Waals surface area contributed by atoms with E-state index < -0.39 is 0 Å². The highest BCUT2D eigenvalue weighted by molar-refractivity contribution is 14.1. The minimum Gasteiger partial charge on any atom is -0.390 e. The molecule has 1 aliphatic heterocycles. The van der Waals surface area contributed by atoms with Gasteiger partial charge >= 0.3 is 0 Å². The second-order valence-corrected chi connectivity index (χ2v) is 6.00. The second kappa shape index (κ2) is 8.19. The fourth-order valence-corrected chi connectivity index (χ4v) is 2.94. The molecule has 1 N–H and O–H groups in total. The van der Waals surface area contributed by atoms with E-state index in [9.17, 15) is 5.11 Å². The van der Waals surface area contributed by atoms with Gasteiger partial charge in [0.05, 0.1) is 31.5 Å². The molecule has 1 aliphatic rings. The SMILES string of the molecule is O[C@@H]1CC[C@@H](COCc2ccccc2)O[C@H]1CCI. The molecule has 2 rings (SSSR count). The molecule has 0 aliphatic carbocycles. The first kappa shape index (κ1) is 15.2. The first-order valence-electron chi connectivity index (χ1n) is 6.80. The van der Waals surface area contributed by atoms with Gasteiger partial charge in [-0.2, -0.15) is 0 Å². The van der Waals surface area contributed by atoms with Crippen molar-refractivity contribution in [2.24, 2.45) is 0 Å². The van der Waals surface area contributed by atoms with Gasteiger partial charge in [-0.1, -0.05) is 52.9 Å². The van der Waals surface area contributed by atoms with E-state index >= 15 is 0 Å². The van der Waals surface area contributed by atoms with E-state index in [1.165, 1.54) is 5.56 Å². The number of hydrogen-bond acceptors (Lipinski definition) is 3. The van der Waals surface area contributed by atoms with E-state index in [-0.39, 0.29) is 18.3 Å². The van der Waals surface area contributed by atoms with Crippen molar-refractivity contribution in [3.63, 3.8) is 0 Å². The standard InChI is InChI=1S/C15H21IO3/c16-9-8-15-14(17)7-6-13(19-15)11-18-10-12-4-2-1-3-5-12/h1-5,13-15,17H,6-11H2/t13-,14+,15-/m0/s1. The van der Waals surface area contributed by atoms with Crippen LogP contribution >= 0.6 is 22.6 Å². The fraction of sp³-hybridized carbons (Fsp3) is 0.600. The predicted octanol–water partition coefficient (Wildman–Crippen LogP) is 2.94. The normalized spacial score (nSPS) is 27.4. The van der Waals surface area contributed by atoms with Crippen molar-refractivity contribution in [2.75, 3.05) is 11.0 Å². The Kier molecular flexibility index (Phi) is 6.56. The molecule has 3 nitrogen and oxygen atoms in total. The van der Waals surface area contributed by atoms with Crippen molar-refractivity contribution in [1.82, 2.24) is 0 Å². The van der Waals surface area contributed by atoms with Gasteiger partial charge in [-0.15, -0.1) is 0 Å². The summed E-state index contributed by atoms with van der Waals surface area (Å²) in [5.74, 6) is 0. The Bertz CT molecular complexity index is 358. The highest BCUT2D eigenvalue weighted by Crippen LogP contribution is 2.23. The van der Waals surface area contributed by atoms with Crippen molar-refractivity contribution in [3.05, 3.63) is 35.9 Å². The minimum atomic E-state index is -0.305. The topological polar surface area (TPSA) is 38.7 Å². The summed E-state index contributed by atoms with van der Waals surface area (Å²) in [6.45, 7) is 1.24. The van der Waals surface area contributed by atoms with Gasteiger partial charge in [-0.25, -0.2) is 0 Å². The summed E-state index contributed by atoms with van der Waals surface area (Å²) in [7, 11) is 0. The maximum absolute atomic E-state index is 9.85. The molecule has 0 aromatic heterocycles. The van der Waals surface area contributed by atoms with Crippen LogP contribution in [0, 0.1) is 0 Å². The van der Waals surface area contributed by atoms with Gasteiger partial charge in [-0.3, -0.25) is 0 Å². The van der Waals surface area contributed by atoms with Gasteiger partial charge in [0.2, 0.25) is 0 Å². The molecule has 0 spiro atoms. The van der Waals surface area contributed by atoms with Crippen molar-refractivity contribution < 1.29 is 14.6 Å². The lowest BCUT2D eigenvalue weighted by molar-refractivity contribution is -0.138. The minimum absolute atomic E-state index is 0.0176. The molecule has 1 aromatic rings. The Morgan fingerprint density at radius 1 is 1.26 bits per heavy atom. The number of ether oxygens (including phenoxy) is 2. The summed E-state index contributed by atoms with van der Waals surface area (Å²) < 4.78 is 12.6. The summed E-state index contributed by atoms with van der Waals surface area (Å²) in [4.78, 5) is 0. The number of aliphatic hydroxyl groups is 1. The molecule has 19 heavy (non-hydrogen) atoms. The molecule has 1 heterocycles. The smallest absolute Gasteiger partial charge is 0.0846 e. The van der Waals surface area contributed by atoms with Crippen molar-refractivity contribution in [3.8, 4) is 0 Å². The predicted molar refractivity (Wildman–Crippen MR) is 83.5 cm³/mol. The Labute approximate surface area is 128 Å². The average molecular weight is 376 g/mol. The van der Waals surface area contributed by atoms with Gasteiger partial charge in [-0.05, 0) is 24.8 Å². The number of halogens is 1. The molecule has 106 valence electrons. The number of aliphatic hydroxyl groups excluding tert-OH is 1. The molecule has 0 radical (unpaired) electrons. The Hall–Kier alpha value is -0.170. The van der Waals surface area contributed by atoms with Crippen molar-refractivity contribution in [1.29, 1.82) is 0 Å². The quantitative estimate of drug-likeness (QED) is 0.613. The average Bonchev–Trinajstić information content (AvgIpc) is 2.44. The molecule has 4 heteroatoms. The number of benzene rings is 1. The molecule has 1 fully saturated rings. The van der Waals surface area contributed by atoms with Crippen LogP contribution in [-0.4, -0.2) is 34.5 Å². The fourth-order valence-electron chi connectivity index (χ4n) is 2.32. The van der Waals surface area contributed by atoms with E-state index in [4.69, 9.17) is 9.47 Å². The summed E-state index contributed by atoms with van der Waals surface area (Å²) >= 11 is 2.32. The first-order chi connectivity index (χ1) is 9.29. The van der Waals surface area contributed by atoms with Crippen LogP contribution in [0.2, 0.25) is 0 Å². The van der Waals surface area contributed by atoms with Gasteiger partial charge in [0.1, 0.15) is 0 Å². The second-order valence-electron chi connectivity index (χ2n) is 4.92. The molecule has 0 amide bonds. The van der Waals surface area contributed by atoms with E-state index in [0.29, 0.717) is 13.2 Å². The molecule has 1 saturated heterocycles. The Morgan fingerprint density at radius 2 is 2.05 bits per heavy atom. The molecule has 0 bridgehead atoms. The van der Waals surface area contributed by atoms with Crippen LogP contribution in [0.3, 0.4) is 0 Å². The van der Waals surface area contributed by atoms with Crippen LogP contribution in [0.1, 0.15) is 24.8 Å². The maximum atomic E-state index is 9.85.